The fraction of sp³-hybridized carbons (Fsp3) is 0.533. The Morgan fingerprint density at radius 1 is 1.39 bits per heavy atom. The minimum atomic E-state index is 0.744. The lowest BCUT2D eigenvalue weighted by Gasteiger charge is -2.29. The summed E-state index contributed by atoms with van der Waals surface area (Å²) < 4.78 is 0. The highest BCUT2D eigenvalue weighted by molar-refractivity contribution is 5.32. The van der Waals surface area contributed by atoms with E-state index in [-0.39, 0.29) is 0 Å². The molecule has 1 heterocycles. The van der Waals surface area contributed by atoms with E-state index < -0.39 is 0 Å². The highest BCUT2D eigenvalue weighted by Gasteiger charge is 2.15. The number of piperidine rings is 1. The van der Waals surface area contributed by atoms with Gasteiger partial charge in [0, 0.05) is 6.54 Å². The number of benzene rings is 1. The Balaban J connectivity index is 1.73. The van der Waals surface area contributed by atoms with E-state index in [1.165, 1.54) is 31.5 Å². The summed E-state index contributed by atoms with van der Waals surface area (Å²) in [4.78, 5) is 2.40. The van der Waals surface area contributed by atoms with Gasteiger partial charge in [-0.3, -0.25) is 0 Å². The van der Waals surface area contributed by atoms with Crippen LogP contribution in [0, 0.1) is 17.2 Å². The van der Waals surface area contributed by atoms with Gasteiger partial charge in [-0.1, -0.05) is 12.1 Å². The SMILES string of the molecule is CN1CCC(CNCc2cccc(C#N)c2)CC1. The van der Waals surface area contributed by atoms with Crippen LogP contribution in [0.3, 0.4) is 0 Å². The van der Waals surface area contributed by atoms with Crippen molar-refractivity contribution in [3.05, 3.63) is 35.4 Å². The second-order valence-electron chi connectivity index (χ2n) is 5.19. The molecule has 3 heteroatoms. The molecule has 0 unspecified atom stereocenters. The van der Waals surface area contributed by atoms with E-state index in [1.54, 1.807) is 0 Å². The molecule has 0 aromatic heterocycles. The van der Waals surface area contributed by atoms with E-state index in [1.807, 2.05) is 18.2 Å². The third-order valence-electron chi connectivity index (χ3n) is 3.66. The van der Waals surface area contributed by atoms with Crippen molar-refractivity contribution in [1.82, 2.24) is 10.2 Å². The number of rotatable bonds is 4. The van der Waals surface area contributed by atoms with E-state index in [0.717, 1.165) is 24.6 Å². The van der Waals surface area contributed by atoms with Crippen LogP contribution in [0.4, 0.5) is 0 Å². The molecule has 0 bridgehead atoms. The van der Waals surface area contributed by atoms with Crippen LogP contribution >= 0.6 is 0 Å². The largest absolute Gasteiger partial charge is 0.312 e. The van der Waals surface area contributed by atoms with Gasteiger partial charge in [-0.25, -0.2) is 0 Å². The van der Waals surface area contributed by atoms with Crippen molar-refractivity contribution in [3.63, 3.8) is 0 Å². The summed E-state index contributed by atoms with van der Waals surface area (Å²) in [6.07, 6.45) is 2.59. The molecule has 0 spiro atoms. The summed E-state index contributed by atoms with van der Waals surface area (Å²) in [5.41, 5.74) is 1.94. The number of nitrogens with zero attached hydrogens (tertiary/aromatic N) is 2. The molecule has 0 radical (unpaired) electrons. The van der Waals surface area contributed by atoms with Crippen molar-refractivity contribution >= 4 is 0 Å². The maximum Gasteiger partial charge on any atom is 0.0991 e. The highest BCUT2D eigenvalue weighted by Crippen LogP contribution is 2.15. The van der Waals surface area contributed by atoms with Gasteiger partial charge >= 0.3 is 0 Å². The van der Waals surface area contributed by atoms with Crippen molar-refractivity contribution in [2.45, 2.75) is 19.4 Å². The second kappa shape index (κ2) is 6.53. The number of nitrogens with one attached hydrogen (secondary N) is 1. The Morgan fingerprint density at radius 2 is 2.17 bits per heavy atom. The second-order valence-corrected chi connectivity index (χ2v) is 5.19. The normalized spacial score (nSPS) is 17.6. The predicted octanol–water partition coefficient (Wildman–Crippen LogP) is 1.99. The molecule has 0 amide bonds. The van der Waals surface area contributed by atoms with Crippen LogP contribution in [-0.2, 0) is 6.54 Å². The summed E-state index contributed by atoms with van der Waals surface area (Å²) in [6.45, 7) is 4.39. The third kappa shape index (κ3) is 3.83. The quantitative estimate of drug-likeness (QED) is 0.879. The first-order chi connectivity index (χ1) is 8.78. The molecular weight excluding hydrogens is 222 g/mol. The lowest BCUT2D eigenvalue weighted by molar-refractivity contribution is 0.216. The van der Waals surface area contributed by atoms with Gasteiger partial charge in [0.25, 0.3) is 0 Å². The first kappa shape index (κ1) is 13.1. The molecule has 3 nitrogen and oxygen atoms in total. The van der Waals surface area contributed by atoms with E-state index in [2.05, 4.69) is 29.4 Å². The van der Waals surface area contributed by atoms with Gasteiger partial charge in [0.1, 0.15) is 0 Å². The molecule has 0 saturated carbocycles. The molecule has 1 fully saturated rings. The number of hydrogen-bond acceptors (Lipinski definition) is 3. The molecule has 1 saturated heterocycles. The molecule has 2 rings (SSSR count). The fourth-order valence-corrected chi connectivity index (χ4v) is 2.44. The van der Waals surface area contributed by atoms with Gasteiger partial charge in [0.2, 0.25) is 0 Å². The molecule has 1 N–H and O–H groups in total. The van der Waals surface area contributed by atoms with Crippen LogP contribution in [0.2, 0.25) is 0 Å². The highest BCUT2D eigenvalue weighted by atomic mass is 15.1. The first-order valence-electron chi connectivity index (χ1n) is 6.66. The zero-order valence-corrected chi connectivity index (χ0v) is 11.0. The van der Waals surface area contributed by atoms with Crippen LogP contribution in [0.15, 0.2) is 24.3 Å². The average molecular weight is 243 g/mol. The maximum absolute atomic E-state index is 8.84. The van der Waals surface area contributed by atoms with Gasteiger partial charge in [-0.2, -0.15) is 5.26 Å². The first-order valence-corrected chi connectivity index (χ1v) is 6.66. The Hall–Kier alpha value is -1.37. The molecule has 1 aliphatic heterocycles. The lowest BCUT2D eigenvalue weighted by Crippen LogP contribution is -2.34. The zero-order chi connectivity index (χ0) is 12.8. The maximum atomic E-state index is 8.84. The van der Waals surface area contributed by atoms with Crippen LogP contribution in [-0.4, -0.2) is 31.6 Å². The summed E-state index contributed by atoms with van der Waals surface area (Å²) in [7, 11) is 2.19. The minimum Gasteiger partial charge on any atom is -0.312 e. The molecule has 1 aromatic carbocycles. The Bertz CT molecular complexity index is 414. The van der Waals surface area contributed by atoms with Crippen molar-refractivity contribution in [1.29, 1.82) is 5.26 Å². The molecule has 1 aromatic rings. The minimum absolute atomic E-state index is 0.744. The molecular formula is C15H21N3. The van der Waals surface area contributed by atoms with Gasteiger partial charge < -0.3 is 10.2 Å². The average Bonchev–Trinajstić information content (AvgIpc) is 2.41. The Morgan fingerprint density at radius 3 is 2.89 bits per heavy atom. The van der Waals surface area contributed by atoms with Crippen LogP contribution in [0.5, 0.6) is 0 Å². The summed E-state index contributed by atoms with van der Waals surface area (Å²) in [5.74, 6) is 0.806. The molecule has 18 heavy (non-hydrogen) atoms. The van der Waals surface area contributed by atoms with Crippen molar-refractivity contribution in [2.75, 3.05) is 26.7 Å². The van der Waals surface area contributed by atoms with Crippen molar-refractivity contribution in [3.8, 4) is 6.07 Å². The number of nitriles is 1. The molecule has 0 atom stereocenters. The number of likely N-dealkylation sites (tertiary alicyclic amines) is 1. The monoisotopic (exact) mass is 243 g/mol. The molecule has 96 valence electrons. The predicted molar refractivity (Wildman–Crippen MR) is 73.1 cm³/mol. The fourth-order valence-electron chi connectivity index (χ4n) is 2.44. The third-order valence-corrected chi connectivity index (χ3v) is 3.66. The van der Waals surface area contributed by atoms with Gasteiger partial charge in [-0.15, -0.1) is 0 Å². The number of hydrogen-bond donors (Lipinski definition) is 1. The van der Waals surface area contributed by atoms with Gasteiger partial charge in [0.05, 0.1) is 11.6 Å². The summed E-state index contributed by atoms with van der Waals surface area (Å²) in [6, 6.07) is 10.0. The molecule has 0 aliphatic carbocycles. The van der Waals surface area contributed by atoms with Crippen molar-refractivity contribution < 1.29 is 0 Å². The van der Waals surface area contributed by atoms with Gasteiger partial charge in [-0.05, 0) is 63.1 Å². The Labute approximate surface area is 109 Å². The zero-order valence-electron chi connectivity index (χ0n) is 11.0. The van der Waals surface area contributed by atoms with E-state index in [9.17, 15) is 0 Å². The smallest absolute Gasteiger partial charge is 0.0991 e. The van der Waals surface area contributed by atoms with E-state index >= 15 is 0 Å². The van der Waals surface area contributed by atoms with Crippen LogP contribution in [0.25, 0.3) is 0 Å². The lowest BCUT2D eigenvalue weighted by atomic mass is 9.97. The van der Waals surface area contributed by atoms with E-state index in [0.29, 0.717) is 0 Å². The van der Waals surface area contributed by atoms with Crippen molar-refractivity contribution in [2.24, 2.45) is 5.92 Å². The topological polar surface area (TPSA) is 39.1 Å². The Kier molecular flexibility index (Phi) is 4.74. The van der Waals surface area contributed by atoms with Crippen LogP contribution < -0.4 is 5.32 Å². The standard InChI is InChI=1S/C15H21N3/c1-18-7-5-13(6-8-18)11-17-12-15-4-2-3-14(9-15)10-16/h2-4,9,13,17H,5-8,11-12H2,1H3. The summed E-state index contributed by atoms with van der Waals surface area (Å²) in [5, 5.41) is 12.4. The van der Waals surface area contributed by atoms with Crippen LogP contribution in [0.1, 0.15) is 24.0 Å². The molecule has 1 aliphatic rings. The van der Waals surface area contributed by atoms with Gasteiger partial charge in [0.15, 0.2) is 0 Å². The van der Waals surface area contributed by atoms with E-state index in [4.69, 9.17) is 5.26 Å². The summed E-state index contributed by atoms with van der Waals surface area (Å²) >= 11 is 0.